The van der Waals surface area contributed by atoms with E-state index in [4.69, 9.17) is 10.7 Å². The highest BCUT2D eigenvalue weighted by Gasteiger charge is 2.24. The first-order valence-corrected chi connectivity index (χ1v) is 10.3. The molecule has 0 bridgehead atoms. The second-order valence-electron chi connectivity index (χ2n) is 7.73. The zero-order valence-electron chi connectivity index (χ0n) is 17.5. The summed E-state index contributed by atoms with van der Waals surface area (Å²) in [5.74, 6) is 0. The number of hydrogen-bond acceptors (Lipinski definition) is 7. The molecular weight excluding hydrogens is 392 g/mol. The van der Waals surface area contributed by atoms with Crippen LogP contribution in [-0.4, -0.2) is 44.2 Å². The largest absolute Gasteiger partial charge is 0.396 e. The van der Waals surface area contributed by atoms with Gasteiger partial charge in [-0.05, 0) is 37.2 Å². The Balaban J connectivity index is 1.68. The summed E-state index contributed by atoms with van der Waals surface area (Å²) in [5, 5.41) is 6.25. The zero-order chi connectivity index (χ0) is 21.5. The summed E-state index contributed by atoms with van der Waals surface area (Å²) in [6.07, 6.45) is 6.12. The van der Waals surface area contributed by atoms with Gasteiger partial charge in [0.25, 0.3) is 0 Å². The van der Waals surface area contributed by atoms with E-state index in [1.165, 1.54) is 0 Å². The predicted molar refractivity (Wildman–Crippen MR) is 121 cm³/mol. The highest BCUT2D eigenvalue weighted by Crippen LogP contribution is 2.28. The molecule has 0 radical (unpaired) electrons. The Bertz CT molecular complexity index is 1360. The van der Waals surface area contributed by atoms with Crippen molar-refractivity contribution in [2.24, 2.45) is 12.8 Å². The summed E-state index contributed by atoms with van der Waals surface area (Å²) in [6.45, 7) is 1.67. The van der Waals surface area contributed by atoms with Gasteiger partial charge in [-0.1, -0.05) is 0 Å². The average Bonchev–Trinajstić information content (AvgIpc) is 3.41. The number of hydrogen-bond donors (Lipinski definition) is 3. The van der Waals surface area contributed by atoms with Gasteiger partial charge in [-0.3, -0.25) is 19.1 Å². The Hall–Kier alpha value is -3.72. The standard InChI is InChI=1S/C22H24N8O/c1-24-11-15(23)17-4-3-13(9-26-17)16-5-6-18-20(28-16)21-19(12-27-18)29(2)22(31)30(21)14-7-8-25-10-14/h3-6,9,11-12,14,24-25H,7-8,10,23H2,1-2H3/b15-11-. The van der Waals surface area contributed by atoms with Crippen molar-refractivity contribution in [3.8, 4) is 11.3 Å². The third kappa shape index (κ3) is 3.14. The van der Waals surface area contributed by atoms with E-state index in [1.54, 1.807) is 37.3 Å². The predicted octanol–water partition coefficient (Wildman–Crippen LogP) is 1.36. The molecule has 0 aliphatic carbocycles. The van der Waals surface area contributed by atoms with Gasteiger partial charge in [0.05, 0.1) is 45.9 Å². The molecule has 0 saturated carbocycles. The SMILES string of the molecule is CN/C=C(\N)c1ccc(-c2ccc3ncc4c(c3n2)n(C2CCNC2)c(=O)n4C)cn1. The van der Waals surface area contributed by atoms with Crippen LogP contribution in [0.2, 0.25) is 0 Å². The summed E-state index contributed by atoms with van der Waals surface area (Å²) < 4.78 is 3.53. The Morgan fingerprint density at radius 3 is 2.84 bits per heavy atom. The molecule has 1 unspecified atom stereocenters. The van der Waals surface area contributed by atoms with E-state index in [0.717, 1.165) is 52.8 Å². The van der Waals surface area contributed by atoms with Crippen molar-refractivity contribution in [3.63, 3.8) is 0 Å². The van der Waals surface area contributed by atoms with E-state index in [2.05, 4.69) is 20.6 Å². The van der Waals surface area contributed by atoms with Crippen LogP contribution in [-0.2, 0) is 7.05 Å². The lowest BCUT2D eigenvalue weighted by molar-refractivity contribution is 0.536. The monoisotopic (exact) mass is 416 g/mol. The summed E-state index contributed by atoms with van der Waals surface area (Å²) in [4.78, 5) is 27.0. The van der Waals surface area contributed by atoms with Crippen LogP contribution in [0.4, 0.5) is 0 Å². The van der Waals surface area contributed by atoms with E-state index in [1.807, 2.05) is 28.8 Å². The molecule has 5 heterocycles. The van der Waals surface area contributed by atoms with Crippen LogP contribution in [0.15, 0.2) is 47.7 Å². The summed E-state index contributed by atoms with van der Waals surface area (Å²) in [7, 11) is 3.58. The third-order valence-electron chi connectivity index (χ3n) is 5.82. The lowest BCUT2D eigenvalue weighted by Crippen LogP contribution is -2.27. The molecule has 1 aliphatic heterocycles. The second-order valence-corrected chi connectivity index (χ2v) is 7.73. The van der Waals surface area contributed by atoms with Crippen LogP contribution in [0.25, 0.3) is 39.0 Å². The zero-order valence-corrected chi connectivity index (χ0v) is 17.5. The fourth-order valence-electron chi connectivity index (χ4n) is 4.19. The van der Waals surface area contributed by atoms with Gasteiger partial charge in [0.2, 0.25) is 0 Å². The lowest BCUT2D eigenvalue weighted by Gasteiger charge is -2.12. The molecule has 0 amide bonds. The maximum absolute atomic E-state index is 13.0. The van der Waals surface area contributed by atoms with E-state index >= 15 is 0 Å². The van der Waals surface area contributed by atoms with Crippen molar-refractivity contribution < 1.29 is 0 Å². The molecule has 4 aromatic rings. The van der Waals surface area contributed by atoms with Crippen molar-refractivity contribution in [2.75, 3.05) is 20.1 Å². The van der Waals surface area contributed by atoms with Crippen LogP contribution in [0.5, 0.6) is 0 Å². The van der Waals surface area contributed by atoms with Crippen LogP contribution in [0.3, 0.4) is 0 Å². The smallest absolute Gasteiger partial charge is 0.329 e. The molecule has 4 N–H and O–H groups in total. The minimum atomic E-state index is -0.0389. The number of nitrogens with one attached hydrogen (secondary N) is 2. The minimum Gasteiger partial charge on any atom is -0.396 e. The van der Waals surface area contributed by atoms with Crippen molar-refractivity contribution in [1.82, 2.24) is 34.7 Å². The number of aryl methyl sites for hydroxylation is 1. The Labute approximate surface area is 178 Å². The highest BCUT2D eigenvalue weighted by atomic mass is 16.1. The Kier molecular flexibility index (Phi) is 4.67. The van der Waals surface area contributed by atoms with Gasteiger partial charge >= 0.3 is 5.69 Å². The molecular formula is C22H24N8O. The first kappa shape index (κ1) is 19.3. The fraction of sp³-hybridized carbons (Fsp3) is 0.273. The van der Waals surface area contributed by atoms with Gasteiger partial charge in [0.15, 0.2) is 0 Å². The number of rotatable bonds is 4. The molecule has 0 spiro atoms. The van der Waals surface area contributed by atoms with Gasteiger partial charge in [-0.15, -0.1) is 0 Å². The van der Waals surface area contributed by atoms with Crippen molar-refractivity contribution in [3.05, 3.63) is 59.0 Å². The molecule has 1 aliphatic rings. The van der Waals surface area contributed by atoms with Crippen LogP contribution in [0.1, 0.15) is 18.2 Å². The minimum absolute atomic E-state index is 0.0389. The third-order valence-corrected chi connectivity index (χ3v) is 5.82. The molecule has 0 aromatic carbocycles. The summed E-state index contributed by atoms with van der Waals surface area (Å²) in [6, 6.07) is 7.78. The molecule has 31 heavy (non-hydrogen) atoms. The molecule has 1 atom stereocenters. The molecule has 9 heteroatoms. The Morgan fingerprint density at radius 1 is 1.26 bits per heavy atom. The number of aromatic nitrogens is 5. The van der Waals surface area contributed by atoms with E-state index < -0.39 is 0 Å². The lowest BCUT2D eigenvalue weighted by atomic mass is 10.1. The number of pyridine rings is 3. The van der Waals surface area contributed by atoms with Crippen molar-refractivity contribution in [2.45, 2.75) is 12.5 Å². The second kappa shape index (κ2) is 7.51. The maximum Gasteiger partial charge on any atom is 0.329 e. The van der Waals surface area contributed by atoms with Gasteiger partial charge in [-0.25, -0.2) is 9.78 Å². The first-order chi connectivity index (χ1) is 15.1. The van der Waals surface area contributed by atoms with Crippen LogP contribution >= 0.6 is 0 Å². The topological polar surface area (TPSA) is 116 Å². The normalized spacial score (nSPS) is 17.0. The number of nitrogens with zero attached hydrogens (tertiary/aromatic N) is 5. The van der Waals surface area contributed by atoms with E-state index in [9.17, 15) is 4.79 Å². The van der Waals surface area contributed by atoms with Gasteiger partial charge in [0.1, 0.15) is 5.52 Å². The van der Waals surface area contributed by atoms with E-state index in [-0.39, 0.29) is 11.7 Å². The quantitative estimate of drug-likeness (QED) is 0.460. The summed E-state index contributed by atoms with van der Waals surface area (Å²) in [5.41, 5.74) is 11.9. The van der Waals surface area contributed by atoms with E-state index in [0.29, 0.717) is 11.4 Å². The number of fused-ring (bicyclic) bond motifs is 3. The van der Waals surface area contributed by atoms with Crippen molar-refractivity contribution >= 4 is 27.8 Å². The molecule has 9 nitrogen and oxygen atoms in total. The molecule has 1 saturated heterocycles. The van der Waals surface area contributed by atoms with Crippen LogP contribution < -0.4 is 22.1 Å². The molecule has 1 fully saturated rings. The maximum atomic E-state index is 13.0. The fourth-order valence-corrected chi connectivity index (χ4v) is 4.19. The first-order valence-electron chi connectivity index (χ1n) is 10.3. The number of imidazole rings is 1. The number of nitrogens with two attached hydrogens (primary N) is 1. The molecule has 158 valence electrons. The van der Waals surface area contributed by atoms with Gasteiger partial charge in [0, 0.05) is 38.6 Å². The van der Waals surface area contributed by atoms with Crippen LogP contribution in [0, 0.1) is 0 Å². The molecule has 4 aromatic heterocycles. The van der Waals surface area contributed by atoms with Gasteiger partial charge in [-0.2, -0.15) is 0 Å². The average molecular weight is 416 g/mol. The summed E-state index contributed by atoms with van der Waals surface area (Å²) >= 11 is 0. The molecule has 5 rings (SSSR count). The highest BCUT2D eigenvalue weighted by molar-refractivity contribution is 6.00. The van der Waals surface area contributed by atoms with Gasteiger partial charge < -0.3 is 16.4 Å². The Morgan fingerprint density at radius 2 is 2.13 bits per heavy atom. The van der Waals surface area contributed by atoms with Crippen molar-refractivity contribution in [1.29, 1.82) is 0 Å².